The second-order valence-electron chi connectivity index (χ2n) is 5.58. The van der Waals surface area contributed by atoms with E-state index >= 15 is 0 Å². The molecule has 1 N–H and O–H groups in total. The van der Waals surface area contributed by atoms with Crippen LogP contribution in [0, 0.1) is 12.8 Å². The lowest BCUT2D eigenvalue weighted by Crippen LogP contribution is -2.11. The van der Waals surface area contributed by atoms with Gasteiger partial charge in [0.15, 0.2) is 0 Å². The molecule has 3 nitrogen and oxygen atoms in total. The summed E-state index contributed by atoms with van der Waals surface area (Å²) < 4.78 is 0. The van der Waals surface area contributed by atoms with E-state index in [2.05, 4.69) is 51.8 Å². The molecule has 1 aromatic rings. The van der Waals surface area contributed by atoms with Gasteiger partial charge < -0.3 is 5.32 Å². The van der Waals surface area contributed by atoms with Crippen molar-refractivity contribution < 1.29 is 0 Å². The van der Waals surface area contributed by atoms with E-state index in [-0.39, 0.29) is 0 Å². The SMILES string of the molecule is CCNc1nc(CSCC(C)C)nc(C)c1C(C)C. The Labute approximate surface area is 122 Å². The summed E-state index contributed by atoms with van der Waals surface area (Å²) in [6, 6.07) is 0. The smallest absolute Gasteiger partial charge is 0.140 e. The summed E-state index contributed by atoms with van der Waals surface area (Å²) in [6.07, 6.45) is 0. The van der Waals surface area contributed by atoms with Crippen molar-refractivity contribution in [2.75, 3.05) is 17.6 Å². The Morgan fingerprint density at radius 3 is 2.37 bits per heavy atom. The molecule has 1 rings (SSSR count). The number of nitrogens with zero attached hydrogens (tertiary/aromatic N) is 2. The quantitative estimate of drug-likeness (QED) is 0.811. The highest BCUT2D eigenvalue weighted by molar-refractivity contribution is 7.98. The predicted molar refractivity (Wildman–Crippen MR) is 86.0 cm³/mol. The van der Waals surface area contributed by atoms with Crippen LogP contribution in [0.1, 0.15) is 57.6 Å². The van der Waals surface area contributed by atoms with Crippen LogP contribution >= 0.6 is 11.8 Å². The molecule has 0 fully saturated rings. The van der Waals surface area contributed by atoms with Gasteiger partial charge in [-0.25, -0.2) is 9.97 Å². The van der Waals surface area contributed by atoms with Gasteiger partial charge in [-0.2, -0.15) is 11.8 Å². The van der Waals surface area contributed by atoms with Crippen molar-refractivity contribution in [2.45, 2.75) is 53.2 Å². The third-order valence-corrected chi connectivity index (χ3v) is 4.15. The van der Waals surface area contributed by atoms with Gasteiger partial charge in [-0.05, 0) is 31.4 Å². The second kappa shape index (κ2) is 7.73. The maximum Gasteiger partial charge on any atom is 0.140 e. The van der Waals surface area contributed by atoms with E-state index in [1.54, 1.807) is 0 Å². The lowest BCUT2D eigenvalue weighted by Gasteiger charge is -2.16. The van der Waals surface area contributed by atoms with E-state index in [4.69, 9.17) is 4.98 Å². The zero-order chi connectivity index (χ0) is 14.4. The van der Waals surface area contributed by atoms with Crippen molar-refractivity contribution in [3.63, 3.8) is 0 Å². The van der Waals surface area contributed by atoms with Crippen molar-refractivity contribution in [1.82, 2.24) is 9.97 Å². The van der Waals surface area contributed by atoms with Gasteiger partial charge in [0.2, 0.25) is 0 Å². The molecular weight excluding hydrogens is 254 g/mol. The van der Waals surface area contributed by atoms with Gasteiger partial charge in [0.1, 0.15) is 11.6 Å². The highest BCUT2D eigenvalue weighted by Crippen LogP contribution is 2.26. The fourth-order valence-corrected chi connectivity index (χ4v) is 2.98. The molecule has 0 aromatic carbocycles. The zero-order valence-electron chi connectivity index (χ0n) is 13.1. The van der Waals surface area contributed by atoms with Crippen molar-refractivity contribution in [1.29, 1.82) is 0 Å². The van der Waals surface area contributed by atoms with E-state index < -0.39 is 0 Å². The molecule has 0 bridgehead atoms. The van der Waals surface area contributed by atoms with E-state index in [1.807, 2.05) is 11.8 Å². The summed E-state index contributed by atoms with van der Waals surface area (Å²) in [5.41, 5.74) is 2.36. The molecule has 0 aliphatic heterocycles. The van der Waals surface area contributed by atoms with E-state index in [0.717, 1.165) is 35.4 Å². The predicted octanol–water partition coefficient (Wildman–Crippen LogP) is 4.23. The van der Waals surface area contributed by atoms with Gasteiger partial charge in [0.25, 0.3) is 0 Å². The summed E-state index contributed by atoms with van der Waals surface area (Å²) in [5.74, 6) is 5.19. The molecule has 108 valence electrons. The number of nitrogens with one attached hydrogen (secondary N) is 1. The van der Waals surface area contributed by atoms with Gasteiger partial charge in [0.05, 0.1) is 5.75 Å². The number of rotatable bonds is 7. The average molecular weight is 281 g/mol. The summed E-state index contributed by atoms with van der Waals surface area (Å²) in [7, 11) is 0. The van der Waals surface area contributed by atoms with Gasteiger partial charge in [-0.15, -0.1) is 0 Å². The Kier molecular flexibility index (Phi) is 6.63. The maximum atomic E-state index is 4.70. The lowest BCUT2D eigenvalue weighted by atomic mass is 10.0. The third-order valence-electron chi connectivity index (χ3n) is 2.79. The number of thioether (sulfide) groups is 1. The number of anilines is 1. The maximum absolute atomic E-state index is 4.70. The highest BCUT2D eigenvalue weighted by atomic mass is 32.2. The van der Waals surface area contributed by atoms with Crippen molar-refractivity contribution >= 4 is 17.6 Å². The van der Waals surface area contributed by atoms with Crippen LogP contribution in [0.3, 0.4) is 0 Å². The fraction of sp³-hybridized carbons (Fsp3) is 0.733. The lowest BCUT2D eigenvalue weighted by molar-refractivity contribution is 0.749. The standard InChI is InChI=1S/C15H27N3S/c1-7-16-15-14(11(4)5)12(6)17-13(18-15)9-19-8-10(2)3/h10-11H,7-9H2,1-6H3,(H,16,17,18). The van der Waals surface area contributed by atoms with Crippen molar-refractivity contribution in [3.05, 3.63) is 17.1 Å². The summed E-state index contributed by atoms with van der Waals surface area (Å²) in [5, 5.41) is 3.38. The van der Waals surface area contributed by atoms with Crippen LogP contribution < -0.4 is 5.32 Å². The third kappa shape index (κ3) is 5.01. The first kappa shape index (κ1) is 16.3. The Balaban J connectivity index is 2.90. The molecule has 4 heteroatoms. The van der Waals surface area contributed by atoms with Gasteiger partial charge in [0, 0.05) is 17.8 Å². The van der Waals surface area contributed by atoms with Crippen LogP contribution in [0.15, 0.2) is 0 Å². The molecule has 0 aliphatic rings. The fourth-order valence-electron chi connectivity index (χ4n) is 2.08. The van der Waals surface area contributed by atoms with Crippen LogP contribution in [0.4, 0.5) is 5.82 Å². The van der Waals surface area contributed by atoms with Crippen LogP contribution in [0.5, 0.6) is 0 Å². The topological polar surface area (TPSA) is 37.8 Å². The second-order valence-corrected chi connectivity index (χ2v) is 6.61. The average Bonchev–Trinajstić information content (AvgIpc) is 2.27. The van der Waals surface area contributed by atoms with Crippen LogP contribution in [-0.4, -0.2) is 22.3 Å². The molecule has 0 saturated heterocycles. The molecule has 19 heavy (non-hydrogen) atoms. The molecule has 0 radical (unpaired) electrons. The number of aryl methyl sites for hydroxylation is 1. The first-order valence-corrected chi connectivity index (χ1v) is 8.30. The molecule has 0 spiro atoms. The van der Waals surface area contributed by atoms with E-state index in [0.29, 0.717) is 11.8 Å². The Morgan fingerprint density at radius 2 is 1.84 bits per heavy atom. The Hall–Kier alpha value is -0.770. The number of hydrogen-bond acceptors (Lipinski definition) is 4. The van der Waals surface area contributed by atoms with Crippen LogP contribution in [0.2, 0.25) is 0 Å². The number of aromatic nitrogens is 2. The number of hydrogen-bond donors (Lipinski definition) is 1. The minimum Gasteiger partial charge on any atom is -0.370 e. The minimum atomic E-state index is 0.450. The highest BCUT2D eigenvalue weighted by Gasteiger charge is 2.14. The summed E-state index contributed by atoms with van der Waals surface area (Å²) >= 11 is 1.91. The zero-order valence-corrected chi connectivity index (χ0v) is 13.9. The van der Waals surface area contributed by atoms with Crippen LogP contribution in [0.25, 0.3) is 0 Å². The molecular formula is C15H27N3S. The van der Waals surface area contributed by atoms with Crippen molar-refractivity contribution in [2.24, 2.45) is 5.92 Å². The molecule has 1 aromatic heterocycles. The molecule has 0 saturated carbocycles. The first-order valence-electron chi connectivity index (χ1n) is 7.14. The van der Waals surface area contributed by atoms with Gasteiger partial charge >= 0.3 is 0 Å². The molecule has 0 amide bonds. The minimum absolute atomic E-state index is 0.450. The largest absolute Gasteiger partial charge is 0.370 e. The molecule has 0 unspecified atom stereocenters. The summed E-state index contributed by atoms with van der Waals surface area (Å²) in [4.78, 5) is 9.36. The van der Waals surface area contributed by atoms with Crippen LogP contribution in [-0.2, 0) is 5.75 Å². The molecule has 0 atom stereocenters. The van der Waals surface area contributed by atoms with Crippen molar-refractivity contribution in [3.8, 4) is 0 Å². The monoisotopic (exact) mass is 281 g/mol. The van der Waals surface area contributed by atoms with Gasteiger partial charge in [-0.1, -0.05) is 27.7 Å². The summed E-state index contributed by atoms with van der Waals surface area (Å²) in [6.45, 7) is 14.0. The first-order chi connectivity index (χ1) is 8.95. The van der Waals surface area contributed by atoms with E-state index in [9.17, 15) is 0 Å². The Morgan fingerprint density at radius 1 is 1.16 bits per heavy atom. The van der Waals surface area contributed by atoms with Gasteiger partial charge in [-0.3, -0.25) is 0 Å². The Bertz CT molecular complexity index is 403. The molecule has 0 aliphatic carbocycles. The normalized spacial score (nSPS) is 11.4. The molecule has 1 heterocycles. The van der Waals surface area contributed by atoms with E-state index in [1.165, 1.54) is 5.56 Å².